The zero-order valence-corrected chi connectivity index (χ0v) is 5.56. The molecule has 1 unspecified atom stereocenters. The van der Waals surface area contributed by atoms with Crippen molar-refractivity contribution in [2.45, 2.75) is 31.0 Å². The minimum absolute atomic E-state index is 0.626. The van der Waals surface area contributed by atoms with Crippen molar-refractivity contribution in [3.05, 3.63) is 0 Å². The van der Waals surface area contributed by atoms with Crippen LogP contribution in [0.5, 0.6) is 0 Å². The average Bonchev–Trinajstić information content (AvgIpc) is 2.52. The summed E-state index contributed by atoms with van der Waals surface area (Å²) in [5.41, 5.74) is 0.626. The fraction of sp³-hybridized carbons (Fsp3) is 1.00. The van der Waals surface area contributed by atoms with E-state index in [4.69, 9.17) is 0 Å². The molecule has 1 aliphatic carbocycles. The van der Waals surface area contributed by atoms with Crippen molar-refractivity contribution in [3.63, 3.8) is 0 Å². The molecular formula is C7H12N2. The van der Waals surface area contributed by atoms with Gasteiger partial charge < -0.3 is 0 Å². The fourth-order valence-corrected chi connectivity index (χ4v) is 2.03. The van der Waals surface area contributed by atoms with E-state index in [2.05, 4.69) is 10.2 Å². The molecule has 2 saturated heterocycles. The molecule has 9 heavy (non-hydrogen) atoms. The van der Waals surface area contributed by atoms with Crippen molar-refractivity contribution in [2.24, 2.45) is 0 Å². The maximum absolute atomic E-state index is 3.67. The third kappa shape index (κ3) is 0.485. The van der Waals surface area contributed by atoms with Gasteiger partial charge in [0.05, 0.1) is 6.17 Å². The molecular weight excluding hydrogens is 112 g/mol. The molecule has 2 heteroatoms. The van der Waals surface area contributed by atoms with Crippen LogP contribution >= 0.6 is 0 Å². The Labute approximate surface area is 55.2 Å². The molecule has 1 atom stereocenters. The molecule has 0 aromatic heterocycles. The van der Waals surface area contributed by atoms with E-state index in [9.17, 15) is 0 Å². The second kappa shape index (κ2) is 1.18. The number of hydrogen-bond acceptors (Lipinski definition) is 2. The minimum atomic E-state index is 0.626. The summed E-state index contributed by atoms with van der Waals surface area (Å²) in [6.45, 7) is 2.69. The van der Waals surface area contributed by atoms with E-state index in [0.29, 0.717) is 5.54 Å². The van der Waals surface area contributed by atoms with E-state index >= 15 is 0 Å². The number of nitrogens with zero attached hydrogens (tertiary/aromatic N) is 1. The van der Waals surface area contributed by atoms with Gasteiger partial charge in [0.2, 0.25) is 0 Å². The van der Waals surface area contributed by atoms with Gasteiger partial charge in [-0.2, -0.15) is 0 Å². The molecule has 1 N–H and O–H groups in total. The quantitative estimate of drug-likeness (QED) is 0.494. The molecule has 0 radical (unpaired) electrons. The van der Waals surface area contributed by atoms with E-state index < -0.39 is 0 Å². The van der Waals surface area contributed by atoms with Gasteiger partial charge in [-0.3, -0.25) is 10.2 Å². The maximum Gasteiger partial charge on any atom is 0.0614 e. The molecule has 3 fully saturated rings. The third-order valence-corrected chi connectivity index (χ3v) is 2.96. The van der Waals surface area contributed by atoms with Gasteiger partial charge in [-0.15, -0.1) is 0 Å². The standard InChI is InChI=1S/C7H12N2/c1-4-9-5-7(2-3-7)8-6(1)9/h6,8H,1-5H2. The lowest BCUT2D eigenvalue weighted by Gasteiger charge is -2.33. The largest absolute Gasteiger partial charge is 0.295 e. The van der Waals surface area contributed by atoms with Crippen LogP contribution in [0.2, 0.25) is 0 Å². The Kier molecular flexibility index (Phi) is 0.616. The predicted molar refractivity (Wildman–Crippen MR) is 35.1 cm³/mol. The van der Waals surface area contributed by atoms with Crippen LogP contribution in [0.15, 0.2) is 0 Å². The molecule has 3 rings (SSSR count). The van der Waals surface area contributed by atoms with E-state index in [0.717, 1.165) is 6.17 Å². The highest BCUT2D eigenvalue weighted by molar-refractivity contribution is 5.12. The molecule has 2 aliphatic heterocycles. The first kappa shape index (κ1) is 4.69. The van der Waals surface area contributed by atoms with Gasteiger partial charge in [-0.25, -0.2) is 0 Å². The highest BCUT2D eigenvalue weighted by atomic mass is 15.4. The van der Waals surface area contributed by atoms with Gasteiger partial charge in [0.15, 0.2) is 0 Å². The second-order valence-corrected chi connectivity index (χ2v) is 3.70. The molecule has 2 heterocycles. The SMILES string of the molecule is C1CN2CC3(CC3)NC12. The molecule has 50 valence electrons. The van der Waals surface area contributed by atoms with E-state index in [1.165, 1.54) is 32.4 Å². The Bertz CT molecular complexity index is 137. The van der Waals surface area contributed by atoms with Crippen molar-refractivity contribution < 1.29 is 0 Å². The van der Waals surface area contributed by atoms with Crippen LogP contribution in [0.3, 0.4) is 0 Å². The van der Waals surface area contributed by atoms with Gasteiger partial charge in [0.25, 0.3) is 0 Å². The molecule has 2 nitrogen and oxygen atoms in total. The average molecular weight is 124 g/mol. The molecule has 0 amide bonds. The second-order valence-electron chi connectivity index (χ2n) is 3.70. The van der Waals surface area contributed by atoms with Crippen LogP contribution in [0, 0.1) is 0 Å². The Morgan fingerprint density at radius 1 is 1.44 bits per heavy atom. The molecule has 3 aliphatic rings. The van der Waals surface area contributed by atoms with E-state index in [1.807, 2.05) is 0 Å². The van der Waals surface area contributed by atoms with Gasteiger partial charge in [0.1, 0.15) is 0 Å². The fourth-order valence-electron chi connectivity index (χ4n) is 2.03. The minimum Gasteiger partial charge on any atom is -0.295 e. The number of fused-ring (bicyclic) bond motifs is 1. The van der Waals surface area contributed by atoms with Crippen LogP contribution < -0.4 is 5.32 Å². The summed E-state index contributed by atoms with van der Waals surface area (Å²) in [5, 5.41) is 3.67. The first-order valence-corrected chi connectivity index (χ1v) is 3.90. The smallest absolute Gasteiger partial charge is 0.0614 e. The predicted octanol–water partition coefficient (Wildman–Crippen LogP) is 0.154. The van der Waals surface area contributed by atoms with Gasteiger partial charge in [-0.1, -0.05) is 0 Å². The van der Waals surface area contributed by atoms with Crippen molar-refractivity contribution in [3.8, 4) is 0 Å². The van der Waals surface area contributed by atoms with Gasteiger partial charge in [-0.05, 0) is 19.3 Å². The summed E-state index contributed by atoms with van der Waals surface area (Å²) in [7, 11) is 0. The number of hydrogen-bond donors (Lipinski definition) is 1. The summed E-state index contributed by atoms with van der Waals surface area (Å²) in [4.78, 5) is 2.56. The van der Waals surface area contributed by atoms with Gasteiger partial charge >= 0.3 is 0 Å². The lowest BCUT2D eigenvalue weighted by atomic mass is 10.2. The van der Waals surface area contributed by atoms with Crippen molar-refractivity contribution >= 4 is 0 Å². The Balaban J connectivity index is 1.85. The lowest BCUT2D eigenvalue weighted by molar-refractivity contribution is 0.128. The maximum atomic E-state index is 3.67. The normalized spacial score (nSPS) is 44.7. The topological polar surface area (TPSA) is 15.3 Å². The Hall–Kier alpha value is -0.0800. The molecule has 0 aromatic rings. The van der Waals surface area contributed by atoms with E-state index in [-0.39, 0.29) is 0 Å². The first-order valence-electron chi connectivity index (χ1n) is 3.90. The summed E-state index contributed by atoms with van der Waals surface area (Å²) >= 11 is 0. The lowest BCUT2D eigenvalue weighted by Crippen LogP contribution is -2.47. The van der Waals surface area contributed by atoms with Crippen LogP contribution in [0.1, 0.15) is 19.3 Å². The zero-order chi connectivity index (χ0) is 5.90. The summed E-state index contributed by atoms with van der Waals surface area (Å²) in [5.74, 6) is 0. The van der Waals surface area contributed by atoms with E-state index in [1.54, 1.807) is 0 Å². The molecule has 0 aromatic carbocycles. The monoisotopic (exact) mass is 124 g/mol. The summed E-state index contributed by atoms with van der Waals surface area (Å²) in [6, 6.07) is 0. The third-order valence-electron chi connectivity index (χ3n) is 2.96. The first-order chi connectivity index (χ1) is 4.38. The van der Waals surface area contributed by atoms with Crippen LogP contribution in [-0.4, -0.2) is 29.7 Å². The molecule has 1 saturated carbocycles. The highest BCUT2D eigenvalue weighted by Crippen LogP contribution is 2.43. The highest BCUT2D eigenvalue weighted by Gasteiger charge is 2.53. The summed E-state index contributed by atoms with van der Waals surface area (Å²) < 4.78 is 0. The Morgan fingerprint density at radius 2 is 2.33 bits per heavy atom. The summed E-state index contributed by atoms with van der Waals surface area (Å²) in [6.07, 6.45) is 5.04. The Morgan fingerprint density at radius 3 is 2.67 bits per heavy atom. The van der Waals surface area contributed by atoms with Crippen molar-refractivity contribution in [1.82, 2.24) is 10.2 Å². The van der Waals surface area contributed by atoms with Crippen molar-refractivity contribution in [2.75, 3.05) is 13.1 Å². The zero-order valence-electron chi connectivity index (χ0n) is 5.56. The van der Waals surface area contributed by atoms with Crippen molar-refractivity contribution in [1.29, 1.82) is 0 Å². The van der Waals surface area contributed by atoms with Crippen LogP contribution in [0.25, 0.3) is 0 Å². The van der Waals surface area contributed by atoms with Crippen LogP contribution in [0.4, 0.5) is 0 Å². The molecule has 1 spiro atoms. The molecule has 0 bridgehead atoms. The van der Waals surface area contributed by atoms with Gasteiger partial charge in [0, 0.05) is 18.6 Å². The number of rotatable bonds is 0. The number of nitrogens with one attached hydrogen (secondary N) is 1. The van der Waals surface area contributed by atoms with Crippen LogP contribution in [-0.2, 0) is 0 Å².